The number of hydrogen-bond donors (Lipinski definition) is 2. The van der Waals surface area contributed by atoms with E-state index in [1.54, 1.807) is 0 Å². The van der Waals surface area contributed by atoms with Gasteiger partial charge in [0.05, 0.1) is 22.8 Å². The Balaban J connectivity index is 0.631. The van der Waals surface area contributed by atoms with E-state index in [4.69, 9.17) is 9.97 Å². The molecule has 8 heteroatoms. The highest BCUT2D eigenvalue weighted by molar-refractivity contribution is 9.10. The molecule has 2 N–H and O–H groups in total. The van der Waals surface area contributed by atoms with Crippen molar-refractivity contribution in [2.75, 3.05) is 0 Å². The van der Waals surface area contributed by atoms with Gasteiger partial charge in [-0.3, -0.25) is 0 Å². The Kier molecular flexibility index (Phi) is 22.9. The van der Waals surface area contributed by atoms with Crippen LogP contribution >= 0.6 is 63.7 Å². The monoisotopic (exact) mass is 1880 g/mol. The number of H-pyrrole nitrogens is 2. The predicted molar refractivity (Wildman–Crippen MR) is 521 cm³/mol. The first kappa shape index (κ1) is 85.3. The number of halogens is 4. The summed E-state index contributed by atoms with van der Waals surface area (Å²) in [4.78, 5) is 24.1. The molecule has 21 rings (SSSR count). The lowest BCUT2D eigenvalue weighted by molar-refractivity contribution is -0.113. The molecule has 0 aromatic carbocycles. The number of aryl methyl sites for hydroxylation is 3. The van der Waals surface area contributed by atoms with Gasteiger partial charge >= 0.3 is 0 Å². The van der Waals surface area contributed by atoms with Crippen LogP contribution in [-0.4, -0.2) is 39.2 Å². The van der Waals surface area contributed by atoms with Gasteiger partial charge in [0.25, 0.3) is 0 Å². The lowest BCUT2D eigenvalue weighted by Crippen LogP contribution is -2.53. The molecule has 4 nitrogen and oxygen atoms in total. The average Bonchev–Trinajstić information content (AvgIpc) is 1.38. The van der Waals surface area contributed by atoms with Crippen molar-refractivity contribution in [3.8, 4) is 0 Å². The van der Waals surface area contributed by atoms with Crippen molar-refractivity contribution in [3.63, 3.8) is 0 Å². The quantitative estimate of drug-likeness (QED) is 0.0968. The Morgan fingerprint density at radius 1 is 0.275 bits per heavy atom. The molecule has 658 valence electrons. The van der Waals surface area contributed by atoms with Crippen LogP contribution in [0.3, 0.4) is 0 Å². The molecule has 0 spiro atoms. The number of fused-ring (bicyclic) bond motifs is 28. The number of aromatic amines is 2. The van der Waals surface area contributed by atoms with Gasteiger partial charge in [0.2, 0.25) is 0 Å². The number of hydrogen-bond acceptors (Lipinski definition) is 2. The van der Waals surface area contributed by atoms with Gasteiger partial charge in [0.1, 0.15) is 0 Å². The zero-order valence-electron chi connectivity index (χ0n) is 77.3. The van der Waals surface area contributed by atoms with E-state index in [0.29, 0.717) is 67.0 Å². The molecule has 0 radical (unpaired) electrons. The molecule has 3 aromatic heterocycles. The molecule has 120 heavy (non-hydrogen) atoms. The third-order valence-corrected chi connectivity index (χ3v) is 49.4. The summed E-state index contributed by atoms with van der Waals surface area (Å²) in [6, 6.07) is 10.2. The molecule has 8 bridgehead atoms. The van der Waals surface area contributed by atoms with Crippen LogP contribution in [0.4, 0.5) is 0 Å². The standard InChI is InChI=1S/C112H162Br4N4/c1-65(85-29-33-89-77-25-17-69-61-73(113)45-53-105(69,5)93(77)49-57-109(85,89)9)13-21-81-97-37-39-99(117-97)82(22-14-66(2)86-30-34-90-78-26-18-70-62-74(114)46-54-106(70,6)94(78)50-58-110(86,90)10)101-41-43-103(119-101)84(24-16-68(4)88-32-36-92-80-28-20-72-64-76(116)48-56-108(72,8)96(80)52-60-112(88,92)12)104-44-42-102(120-104)83(100-40-38-98(81)118-100)23-15-67(3)87-31-35-91-79-27-19-71-63-75(115)47-55-107(71,7)95(79)51-59-111(87,91)11/h37-44,65-80,85-96,117-118H,13-36,45-64H2,1-12H3/t65-,66-,67-,68-,69-,70-,71-,72-,73-,74-,75-,76-,77+,78+,79+,80+,85-,86-,87-,88-,89+,90+,91+,92+,93+,94+,95+,96+,105+,106+,107+,108+,109-,110-,111-,112-/m1/s1. The van der Waals surface area contributed by atoms with Crippen LogP contribution in [0.5, 0.6) is 0 Å². The molecular formula is C112H162Br4N4. The Morgan fingerprint density at radius 2 is 0.500 bits per heavy atom. The minimum absolute atomic E-state index is 0.434. The van der Waals surface area contributed by atoms with Gasteiger partial charge in [-0.2, -0.15) is 0 Å². The Labute approximate surface area is 763 Å². The van der Waals surface area contributed by atoms with Crippen LogP contribution in [0.15, 0.2) is 24.3 Å². The highest BCUT2D eigenvalue weighted by Gasteiger charge is 2.66. The molecule has 36 atom stereocenters. The molecule has 3 aromatic rings. The van der Waals surface area contributed by atoms with Gasteiger partial charge in [-0.1, -0.05) is 147 Å². The molecule has 16 fully saturated rings. The number of nitrogens with one attached hydrogen (secondary N) is 2. The van der Waals surface area contributed by atoms with Crippen molar-refractivity contribution in [3.05, 3.63) is 69.3 Å². The van der Waals surface area contributed by atoms with E-state index in [-0.39, 0.29) is 0 Å². The Hall–Kier alpha value is -1.48. The van der Waals surface area contributed by atoms with Crippen LogP contribution in [0.25, 0.3) is 46.4 Å². The van der Waals surface area contributed by atoms with E-state index in [2.05, 4.69) is 205 Å². The fourth-order valence-corrected chi connectivity index (χ4v) is 42.2. The molecule has 16 saturated carbocycles. The van der Waals surface area contributed by atoms with Crippen molar-refractivity contribution in [2.45, 2.75) is 385 Å². The van der Waals surface area contributed by atoms with Gasteiger partial charge in [0, 0.05) is 58.1 Å². The molecule has 18 aliphatic rings. The number of aromatic nitrogens is 4. The highest BCUT2D eigenvalue weighted by Crippen LogP contribution is 2.75. The van der Waals surface area contributed by atoms with Crippen molar-refractivity contribution in [2.24, 2.45) is 185 Å². The number of alkyl halides is 4. The zero-order valence-corrected chi connectivity index (χ0v) is 83.6. The lowest BCUT2D eigenvalue weighted by Gasteiger charge is -2.61. The van der Waals surface area contributed by atoms with E-state index >= 15 is 0 Å². The fraction of sp³-hybridized carbons (Fsp3) is 0.821. The summed E-state index contributed by atoms with van der Waals surface area (Å²) >= 11 is 16.6. The predicted octanol–water partition coefficient (Wildman–Crippen LogP) is 32.6. The first-order chi connectivity index (χ1) is 57.6. The summed E-state index contributed by atoms with van der Waals surface area (Å²) in [5, 5.41) is 0. The topological polar surface area (TPSA) is 57.4 Å². The summed E-state index contributed by atoms with van der Waals surface area (Å²) in [7, 11) is 0. The minimum Gasteiger partial charge on any atom is -0.355 e. The summed E-state index contributed by atoms with van der Waals surface area (Å²) < 4.78 is 0. The molecule has 0 unspecified atom stereocenters. The van der Waals surface area contributed by atoms with Crippen LogP contribution in [0, 0.1) is 185 Å². The molecule has 2 aliphatic heterocycles. The Morgan fingerprint density at radius 3 is 0.775 bits per heavy atom. The second kappa shape index (κ2) is 32.2. The van der Waals surface area contributed by atoms with Gasteiger partial charge < -0.3 is 9.97 Å². The van der Waals surface area contributed by atoms with E-state index in [0.717, 1.165) is 163 Å². The maximum absolute atomic E-state index is 6.13. The maximum atomic E-state index is 6.13. The second-order valence-electron chi connectivity index (χ2n) is 50.0. The van der Waals surface area contributed by atoms with E-state index in [1.165, 1.54) is 324 Å². The van der Waals surface area contributed by atoms with Crippen LogP contribution < -0.4 is 0 Å². The summed E-state index contributed by atoms with van der Waals surface area (Å²) in [6.45, 7) is 33.4. The van der Waals surface area contributed by atoms with Crippen molar-refractivity contribution < 1.29 is 0 Å². The SMILES string of the molecule is C[C@H](CCc1c2nc(c(CC[C@@H](C)[C@H]3CC[C@H]4[C@@H]5CC[C@@H]6C[C@H](Br)CC[C@]6(C)[C@H]5CC[C@]34C)c3ccc([nH]3)c(CC[C@@H](C)[C@H]3CC[C@H]4[C@@H]5CC[C@@H]6C[C@H](Br)CC[C@]6(C)[C@H]5CC[C@]34C)c3ccc([nH]3)c(CC[C@@H](C)[C@H]3CC[C@H]4[C@@H]5CC[C@@H]6C[C@H](Br)CC[C@]6(C)[C@H]5CC[C@]34C)c3nc1C=C3)C=C2)[C@H]1CC[C@H]2[C@@H]3CC[C@@H]4C[C@H](Br)CC[C@]4(C)[C@H]3CC[C@]12C. The largest absolute Gasteiger partial charge is 0.355 e. The van der Waals surface area contributed by atoms with Gasteiger partial charge in [0.15, 0.2) is 0 Å². The molecule has 5 heterocycles. The normalized spacial score (nSPS) is 47.5. The highest BCUT2D eigenvalue weighted by atomic mass is 79.9. The molecule has 16 aliphatic carbocycles. The number of nitrogens with zero attached hydrogens (tertiary/aromatic N) is 2. The fourth-order valence-electron chi connectivity index (χ4n) is 39.5. The van der Waals surface area contributed by atoms with Crippen LogP contribution in [0.1, 0.15) is 385 Å². The summed E-state index contributed by atoms with van der Waals surface area (Å²) in [5.41, 5.74) is 19.8. The van der Waals surface area contributed by atoms with Crippen molar-refractivity contribution in [1.82, 2.24) is 19.9 Å². The van der Waals surface area contributed by atoms with Gasteiger partial charge in [-0.25, -0.2) is 9.97 Å². The first-order valence-corrected chi connectivity index (χ1v) is 55.9. The lowest BCUT2D eigenvalue weighted by atomic mass is 9.44. The molecule has 0 amide bonds. The smallest absolute Gasteiger partial charge is 0.0691 e. The zero-order chi connectivity index (χ0) is 82.7. The maximum Gasteiger partial charge on any atom is 0.0691 e. The minimum atomic E-state index is 0.434. The first-order valence-electron chi connectivity index (χ1n) is 52.3. The molecular weight excluding hydrogens is 1720 g/mol. The van der Waals surface area contributed by atoms with E-state index in [9.17, 15) is 0 Å². The van der Waals surface area contributed by atoms with Crippen molar-refractivity contribution >= 4 is 110 Å². The summed E-state index contributed by atoms with van der Waals surface area (Å²) in [5.74, 6) is 20.3. The average molecular weight is 1880 g/mol. The number of rotatable bonds is 16. The van der Waals surface area contributed by atoms with Gasteiger partial charge in [-0.15, -0.1) is 0 Å². The summed E-state index contributed by atoms with van der Waals surface area (Å²) in [6.07, 6.45) is 71.0. The third-order valence-electron chi connectivity index (χ3n) is 46.0. The van der Waals surface area contributed by atoms with Crippen molar-refractivity contribution in [1.29, 1.82) is 0 Å². The van der Waals surface area contributed by atoms with Crippen LogP contribution in [0.2, 0.25) is 0 Å². The van der Waals surface area contributed by atoms with E-state index < -0.39 is 0 Å². The Bertz CT molecular complexity index is 4350. The van der Waals surface area contributed by atoms with Gasteiger partial charge in [-0.05, 0) is 522 Å². The second-order valence-corrected chi connectivity index (χ2v) is 55.2. The van der Waals surface area contributed by atoms with E-state index in [1.807, 2.05) is 0 Å². The third kappa shape index (κ3) is 13.9. The van der Waals surface area contributed by atoms with Crippen LogP contribution in [-0.2, 0) is 25.7 Å². The molecule has 0 saturated heterocycles.